The first kappa shape index (κ1) is 13.3. The van der Waals surface area contributed by atoms with Gasteiger partial charge in [-0.15, -0.1) is 0 Å². The van der Waals surface area contributed by atoms with Crippen molar-refractivity contribution in [2.75, 3.05) is 11.1 Å². The van der Waals surface area contributed by atoms with E-state index >= 15 is 0 Å². The van der Waals surface area contributed by atoms with Crippen LogP contribution in [0, 0.1) is 6.92 Å². The Balaban J connectivity index is 2.22. The van der Waals surface area contributed by atoms with Gasteiger partial charge in [0.2, 0.25) is 10.0 Å². The highest BCUT2D eigenvalue weighted by Crippen LogP contribution is 2.19. The van der Waals surface area contributed by atoms with E-state index in [4.69, 9.17) is 10.9 Å². The van der Waals surface area contributed by atoms with Crippen LogP contribution in [0.4, 0.5) is 17.2 Å². The minimum absolute atomic E-state index is 0.0690. The largest absolute Gasteiger partial charge is 0.397 e. The fourth-order valence-electron chi connectivity index (χ4n) is 1.52. The maximum absolute atomic E-state index is 11.1. The number of sulfonamides is 1. The van der Waals surface area contributed by atoms with Crippen molar-refractivity contribution in [3.63, 3.8) is 0 Å². The van der Waals surface area contributed by atoms with E-state index in [1.165, 1.54) is 12.1 Å². The van der Waals surface area contributed by atoms with Crippen LogP contribution in [0.2, 0.25) is 0 Å². The molecule has 1 heterocycles. The molecule has 0 saturated heterocycles. The summed E-state index contributed by atoms with van der Waals surface area (Å²) in [7, 11) is -3.66. The summed E-state index contributed by atoms with van der Waals surface area (Å²) < 4.78 is 22.2. The molecule has 0 aliphatic heterocycles. The molecule has 19 heavy (non-hydrogen) atoms. The molecule has 0 aliphatic carbocycles. The number of pyridine rings is 1. The molecule has 5 N–H and O–H groups in total. The summed E-state index contributed by atoms with van der Waals surface area (Å²) in [6.45, 7) is 1.81. The van der Waals surface area contributed by atoms with E-state index in [1.807, 2.05) is 6.92 Å². The van der Waals surface area contributed by atoms with Gasteiger partial charge in [0.1, 0.15) is 5.82 Å². The lowest BCUT2D eigenvalue weighted by Crippen LogP contribution is -2.11. The van der Waals surface area contributed by atoms with Crippen LogP contribution in [0.1, 0.15) is 5.69 Å². The van der Waals surface area contributed by atoms with Crippen LogP contribution in [0.3, 0.4) is 0 Å². The number of hydrogen-bond acceptors (Lipinski definition) is 5. The predicted molar refractivity (Wildman–Crippen MR) is 74.5 cm³/mol. The number of nitrogen functional groups attached to an aromatic ring is 1. The molecule has 2 aromatic rings. The molecular formula is C12H14N4O2S. The lowest BCUT2D eigenvalue weighted by atomic mass is 10.3. The van der Waals surface area contributed by atoms with E-state index in [1.54, 1.807) is 24.3 Å². The summed E-state index contributed by atoms with van der Waals surface area (Å²) >= 11 is 0. The Morgan fingerprint density at radius 1 is 1.11 bits per heavy atom. The first-order valence-corrected chi connectivity index (χ1v) is 7.04. The maximum Gasteiger partial charge on any atom is 0.238 e. The number of primary sulfonamides is 1. The van der Waals surface area contributed by atoms with Crippen molar-refractivity contribution in [3.05, 3.63) is 42.1 Å². The Hall–Kier alpha value is -2.12. The summed E-state index contributed by atoms with van der Waals surface area (Å²) in [6, 6.07) is 9.60. The van der Waals surface area contributed by atoms with Crippen molar-refractivity contribution in [1.82, 2.24) is 4.98 Å². The molecular weight excluding hydrogens is 264 g/mol. The van der Waals surface area contributed by atoms with Crippen LogP contribution in [-0.2, 0) is 10.0 Å². The molecule has 0 spiro atoms. The van der Waals surface area contributed by atoms with Gasteiger partial charge in [-0.1, -0.05) is 0 Å². The average molecular weight is 278 g/mol. The molecule has 0 aliphatic rings. The second-order valence-corrected chi connectivity index (χ2v) is 5.63. The van der Waals surface area contributed by atoms with Gasteiger partial charge in [-0.05, 0) is 43.3 Å². The van der Waals surface area contributed by atoms with Crippen molar-refractivity contribution >= 4 is 27.2 Å². The molecule has 0 atom stereocenters. The highest BCUT2D eigenvalue weighted by Gasteiger charge is 2.07. The van der Waals surface area contributed by atoms with Crippen molar-refractivity contribution in [2.24, 2.45) is 5.14 Å². The number of hydrogen-bond donors (Lipinski definition) is 3. The van der Waals surface area contributed by atoms with Crippen LogP contribution in [0.15, 0.2) is 41.3 Å². The Morgan fingerprint density at radius 3 is 2.26 bits per heavy atom. The van der Waals surface area contributed by atoms with E-state index in [0.29, 0.717) is 17.2 Å². The van der Waals surface area contributed by atoms with Crippen molar-refractivity contribution < 1.29 is 8.42 Å². The third kappa shape index (κ3) is 3.21. The lowest BCUT2D eigenvalue weighted by Gasteiger charge is -2.08. The van der Waals surface area contributed by atoms with Crippen LogP contribution in [0.25, 0.3) is 0 Å². The summed E-state index contributed by atoms with van der Waals surface area (Å²) in [4.78, 5) is 4.33. The average Bonchev–Trinajstić information content (AvgIpc) is 2.33. The Kier molecular flexibility index (Phi) is 3.41. The number of benzene rings is 1. The smallest absolute Gasteiger partial charge is 0.238 e. The molecule has 1 aromatic heterocycles. The van der Waals surface area contributed by atoms with E-state index < -0.39 is 10.0 Å². The standard InChI is InChI=1S/C12H14N4O2S/c1-8-11(13)6-7-12(15-8)16-9-2-4-10(5-3-9)19(14,17)18/h2-7H,13H2,1H3,(H,15,16)(H2,14,17,18). The topological polar surface area (TPSA) is 111 Å². The van der Waals surface area contributed by atoms with Gasteiger partial charge in [-0.25, -0.2) is 18.5 Å². The number of aromatic nitrogens is 1. The first-order valence-electron chi connectivity index (χ1n) is 5.49. The number of anilines is 3. The molecule has 6 nitrogen and oxygen atoms in total. The Labute approximate surface area is 111 Å². The lowest BCUT2D eigenvalue weighted by molar-refractivity contribution is 0.598. The molecule has 0 saturated carbocycles. The Bertz CT molecular complexity index is 696. The zero-order chi connectivity index (χ0) is 14.0. The fraction of sp³-hybridized carbons (Fsp3) is 0.0833. The SMILES string of the molecule is Cc1nc(Nc2ccc(S(N)(=O)=O)cc2)ccc1N. The van der Waals surface area contributed by atoms with Crippen LogP contribution in [-0.4, -0.2) is 13.4 Å². The maximum atomic E-state index is 11.1. The van der Waals surface area contributed by atoms with Crippen LogP contribution >= 0.6 is 0 Å². The van der Waals surface area contributed by atoms with Gasteiger partial charge in [-0.2, -0.15) is 0 Å². The van der Waals surface area contributed by atoms with Gasteiger partial charge >= 0.3 is 0 Å². The van der Waals surface area contributed by atoms with Crippen LogP contribution in [0.5, 0.6) is 0 Å². The fourth-order valence-corrected chi connectivity index (χ4v) is 2.03. The van der Waals surface area contributed by atoms with E-state index in [2.05, 4.69) is 10.3 Å². The molecule has 7 heteroatoms. The number of rotatable bonds is 3. The van der Waals surface area contributed by atoms with Gasteiger partial charge < -0.3 is 11.1 Å². The molecule has 0 unspecified atom stereocenters. The normalized spacial score (nSPS) is 11.3. The number of nitrogens with two attached hydrogens (primary N) is 2. The van der Waals surface area contributed by atoms with Gasteiger partial charge in [-0.3, -0.25) is 0 Å². The zero-order valence-electron chi connectivity index (χ0n) is 10.3. The second-order valence-electron chi connectivity index (χ2n) is 4.07. The second kappa shape index (κ2) is 4.87. The molecule has 100 valence electrons. The van der Waals surface area contributed by atoms with E-state index in [9.17, 15) is 8.42 Å². The monoisotopic (exact) mass is 278 g/mol. The minimum Gasteiger partial charge on any atom is -0.397 e. The molecule has 1 aromatic carbocycles. The predicted octanol–water partition coefficient (Wildman–Crippen LogP) is 1.36. The van der Waals surface area contributed by atoms with Crippen molar-refractivity contribution in [2.45, 2.75) is 11.8 Å². The molecule has 0 radical (unpaired) electrons. The molecule has 0 fully saturated rings. The van der Waals surface area contributed by atoms with Crippen molar-refractivity contribution in [3.8, 4) is 0 Å². The van der Waals surface area contributed by atoms with Gasteiger partial charge in [0.05, 0.1) is 16.3 Å². The van der Waals surface area contributed by atoms with E-state index in [-0.39, 0.29) is 4.90 Å². The molecule has 0 bridgehead atoms. The Morgan fingerprint density at radius 2 is 1.74 bits per heavy atom. The van der Waals surface area contributed by atoms with E-state index in [0.717, 1.165) is 5.69 Å². The highest BCUT2D eigenvalue weighted by atomic mass is 32.2. The van der Waals surface area contributed by atoms with Gasteiger partial charge in [0.25, 0.3) is 0 Å². The number of nitrogens with zero attached hydrogens (tertiary/aromatic N) is 1. The third-order valence-corrected chi connectivity index (χ3v) is 3.51. The quantitative estimate of drug-likeness (QED) is 0.785. The third-order valence-electron chi connectivity index (χ3n) is 2.58. The van der Waals surface area contributed by atoms with Gasteiger partial charge in [0, 0.05) is 5.69 Å². The highest BCUT2D eigenvalue weighted by molar-refractivity contribution is 7.89. The number of aryl methyl sites for hydroxylation is 1. The summed E-state index contributed by atoms with van der Waals surface area (Å²) in [5.74, 6) is 0.634. The van der Waals surface area contributed by atoms with Crippen molar-refractivity contribution in [1.29, 1.82) is 0 Å². The summed E-state index contributed by atoms with van der Waals surface area (Å²) in [5, 5.41) is 8.07. The first-order chi connectivity index (χ1) is 8.86. The molecule has 0 amide bonds. The number of nitrogens with one attached hydrogen (secondary N) is 1. The summed E-state index contributed by atoms with van der Waals surface area (Å²) in [6.07, 6.45) is 0. The van der Waals surface area contributed by atoms with Gasteiger partial charge in [0.15, 0.2) is 0 Å². The minimum atomic E-state index is -3.66. The summed E-state index contributed by atoms with van der Waals surface area (Å²) in [5.41, 5.74) is 7.74. The molecule has 2 rings (SSSR count). The van der Waals surface area contributed by atoms with Crippen LogP contribution < -0.4 is 16.2 Å². The zero-order valence-corrected chi connectivity index (χ0v) is 11.1.